The molecule has 20 nitrogen and oxygen atoms in total. The second-order valence-corrected chi connectivity index (χ2v) is 29.3. The lowest BCUT2D eigenvalue weighted by atomic mass is 10.1. The Hall–Kier alpha value is -9.40. The van der Waals surface area contributed by atoms with Gasteiger partial charge in [-0.15, -0.1) is 0 Å². The van der Waals surface area contributed by atoms with E-state index in [0.717, 1.165) is 104 Å². The maximum atomic E-state index is 14.2. The summed E-state index contributed by atoms with van der Waals surface area (Å²) in [4.78, 5) is 88.2. The fraction of sp³-hybridized carbons (Fsp3) is 0.247. The molecule has 4 amide bonds. The van der Waals surface area contributed by atoms with Crippen LogP contribution >= 0.6 is 80.1 Å². The van der Waals surface area contributed by atoms with Gasteiger partial charge in [-0.2, -0.15) is 0 Å². The van der Waals surface area contributed by atoms with Crippen molar-refractivity contribution in [3.63, 3.8) is 0 Å². The van der Waals surface area contributed by atoms with Crippen molar-refractivity contribution >= 4 is 177 Å². The average Bonchev–Trinajstić information content (AvgIpc) is 1.64. The van der Waals surface area contributed by atoms with Gasteiger partial charge >= 0.3 is 0 Å². The summed E-state index contributed by atoms with van der Waals surface area (Å²) < 4.78 is 10.2. The number of aryl methyl sites for hydroxylation is 9. The Morgan fingerprint density at radius 3 is 1.53 bits per heavy atom. The standard InChI is InChI=1S/C37H35ClN8O2S2.C20H18ClN5O2S.C15H16ClN3S.CH4/c1-24-18-25(2)32-30(19-24)49-36(41-32)45(14-4-12-43-16-10-39-22-43)34(47)27-6-8-28(9-7-27)35(48)46(15-5-13-44-17-11-40-23-44)37-42-33-26(3)20-29(38)21-31(33)50-37;1-10-3-5-13(6-4-10)23-17(27)14-9-22-19(25-18(14)28)26-20-24-16-11(2)7-12(21)8-15(16)29-20;1-11-9-12(16)10-13-14(11)18-15(20-13)17-5-4-8-19-6-2-3-7-19;/h6-11,16-23H,4-5,12-15H2,1-3H3;3-8,14H,9H2,1-2H3,(H,23,27)(H2,22,24,25,26,28);2-3,6-7,9-10H,4-5,8H2,1H3,(H,17,18);1H4. The number of nitrogens with one attached hydrogen (secondary N) is 4. The van der Waals surface area contributed by atoms with Crippen LogP contribution in [0.1, 0.15) is 80.8 Å². The quantitative estimate of drug-likeness (QED) is 0.0413. The molecule has 0 saturated carbocycles. The highest BCUT2D eigenvalue weighted by Crippen LogP contribution is 2.37. The van der Waals surface area contributed by atoms with Crippen molar-refractivity contribution in [2.75, 3.05) is 51.9 Å². The maximum absolute atomic E-state index is 14.2. The highest BCUT2D eigenvalue weighted by Gasteiger charge is 2.32. The topological polar surface area (TPSA) is 227 Å². The van der Waals surface area contributed by atoms with E-state index in [-0.39, 0.29) is 37.7 Å². The molecule has 1 unspecified atom stereocenters. The van der Waals surface area contributed by atoms with E-state index in [1.807, 2.05) is 117 Å². The normalized spacial score (nSPS) is 12.7. The molecule has 7 aromatic heterocycles. The van der Waals surface area contributed by atoms with Gasteiger partial charge in [0.2, 0.25) is 17.8 Å². The molecule has 100 heavy (non-hydrogen) atoms. The van der Waals surface area contributed by atoms with E-state index in [0.29, 0.717) is 81.3 Å². The molecule has 13 aromatic rings. The Kier molecular flexibility index (Phi) is 23.5. The number of aliphatic imine (C=N–C) groups is 1. The van der Waals surface area contributed by atoms with Crippen molar-refractivity contribution in [2.24, 2.45) is 10.9 Å². The molecule has 4 N–H and O–H groups in total. The number of thiazole rings is 4. The summed E-state index contributed by atoms with van der Waals surface area (Å²) in [5, 5.41) is 16.7. The Bertz CT molecular complexity index is 4890. The highest BCUT2D eigenvalue weighted by atomic mass is 35.5. The van der Waals surface area contributed by atoms with Gasteiger partial charge in [0.1, 0.15) is 5.92 Å². The number of carbonyl (C=O) groups is 4. The molecule has 27 heteroatoms. The van der Waals surface area contributed by atoms with Crippen molar-refractivity contribution in [3.05, 3.63) is 219 Å². The molecule has 0 fully saturated rings. The Balaban J connectivity index is 0.000000169. The third kappa shape index (κ3) is 17.8. The number of aromatic nitrogens is 9. The zero-order valence-corrected chi connectivity index (χ0v) is 60.5. The van der Waals surface area contributed by atoms with Crippen LogP contribution in [0, 0.1) is 47.5 Å². The summed E-state index contributed by atoms with van der Waals surface area (Å²) in [5.74, 6) is -1.77. The van der Waals surface area contributed by atoms with E-state index in [1.54, 1.807) is 82.6 Å². The minimum absolute atomic E-state index is 0. The van der Waals surface area contributed by atoms with Crippen molar-refractivity contribution in [1.29, 1.82) is 0 Å². The third-order valence-corrected chi connectivity index (χ3v) is 20.8. The number of carbonyl (C=O) groups excluding carboxylic acids is 4. The lowest BCUT2D eigenvalue weighted by Gasteiger charge is -2.21. The first-order valence-electron chi connectivity index (χ1n) is 31.9. The van der Waals surface area contributed by atoms with Crippen molar-refractivity contribution in [2.45, 2.75) is 87.9 Å². The number of guanidine groups is 1. The van der Waals surface area contributed by atoms with E-state index in [4.69, 9.17) is 44.8 Å². The number of anilines is 5. The molecule has 1 aliphatic rings. The SMILES string of the molecule is C.Cc1cc(C)c2nc(N(CCCn3ccnc3)C(=O)c3ccc(C(=O)N(CCCn4ccnc4)c4nc5c(C)cc(Cl)cc5s4)cc3)sc2c1.Cc1cc(Cl)cc2sc(NCCCn3cccc3)nc12.Cc1ccc(NC(=O)C2CN=C(Nc3nc4c(C)cc(Cl)cc4s3)NC2=O)cc1. The number of benzene rings is 6. The predicted octanol–water partition coefficient (Wildman–Crippen LogP) is 17.3. The van der Waals surface area contributed by atoms with Crippen LogP contribution in [0.15, 0.2) is 164 Å². The first-order valence-corrected chi connectivity index (χ1v) is 36.3. The van der Waals surface area contributed by atoms with E-state index < -0.39 is 11.8 Å². The average molecular weight is 1470 g/mol. The molecule has 14 rings (SSSR count). The van der Waals surface area contributed by atoms with Gasteiger partial charge in [-0.3, -0.25) is 39.3 Å². The predicted molar refractivity (Wildman–Crippen MR) is 412 cm³/mol. The summed E-state index contributed by atoms with van der Waals surface area (Å²) in [6, 6.07) is 34.0. The molecule has 1 aliphatic heterocycles. The second kappa shape index (κ2) is 32.7. The molecular formula is C73H73Cl3N16O4S4. The zero-order chi connectivity index (χ0) is 69.3. The van der Waals surface area contributed by atoms with E-state index >= 15 is 0 Å². The smallest absolute Gasteiger partial charge is 0.260 e. The molecule has 0 saturated heterocycles. The van der Waals surface area contributed by atoms with Crippen LogP contribution in [0.2, 0.25) is 15.1 Å². The molecule has 0 bridgehead atoms. The number of fused-ring (bicyclic) bond motifs is 4. The number of rotatable bonds is 20. The van der Waals surface area contributed by atoms with Gasteiger partial charge in [-0.05, 0) is 180 Å². The van der Waals surface area contributed by atoms with Crippen LogP contribution in [0.25, 0.3) is 40.9 Å². The van der Waals surface area contributed by atoms with E-state index in [9.17, 15) is 19.2 Å². The number of amides is 4. The largest absolute Gasteiger partial charge is 0.361 e. The lowest BCUT2D eigenvalue weighted by molar-refractivity contribution is -0.131. The van der Waals surface area contributed by atoms with Gasteiger partial charge in [0.15, 0.2) is 20.5 Å². The second-order valence-electron chi connectivity index (χ2n) is 23.9. The minimum Gasteiger partial charge on any atom is -0.361 e. The van der Waals surface area contributed by atoms with Crippen LogP contribution in [-0.4, -0.2) is 99.4 Å². The molecule has 1 atom stereocenters. The molecule has 0 spiro atoms. The fourth-order valence-corrected chi connectivity index (χ4v) is 16.5. The number of imidazole rings is 2. The van der Waals surface area contributed by atoms with Gasteiger partial charge in [-0.1, -0.05) is 111 Å². The molecule has 514 valence electrons. The molecular weight excluding hydrogens is 1400 g/mol. The van der Waals surface area contributed by atoms with Crippen molar-refractivity contribution < 1.29 is 19.2 Å². The lowest BCUT2D eigenvalue weighted by Crippen LogP contribution is -2.48. The minimum atomic E-state index is -0.890. The van der Waals surface area contributed by atoms with E-state index in [1.165, 1.54) is 34.0 Å². The van der Waals surface area contributed by atoms with Crippen LogP contribution in [0.4, 0.5) is 26.2 Å². The Morgan fingerprint density at radius 1 is 0.550 bits per heavy atom. The van der Waals surface area contributed by atoms with Gasteiger partial charge < -0.3 is 29.7 Å². The van der Waals surface area contributed by atoms with Crippen molar-refractivity contribution in [3.8, 4) is 0 Å². The monoisotopic (exact) mass is 1470 g/mol. The fourth-order valence-electron chi connectivity index (χ4n) is 11.2. The third-order valence-electron chi connectivity index (χ3n) is 16.2. The van der Waals surface area contributed by atoms with Crippen LogP contribution in [0.5, 0.6) is 0 Å². The number of hydrogen-bond acceptors (Lipinski definition) is 17. The first kappa shape index (κ1) is 71.9. The molecule has 8 heterocycles. The van der Waals surface area contributed by atoms with Crippen LogP contribution in [0.3, 0.4) is 0 Å². The highest BCUT2D eigenvalue weighted by molar-refractivity contribution is 7.23. The van der Waals surface area contributed by atoms with Gasteiger partial charge in [0.25, 0.3) is 11.8 Å². The van der Waals surface area contributed by atoms with Crippen LogP contribution < -0.4 is 31.1 Å². The van der Waals surface area contributed by atoms with Gasteiger partial charge in [0, 0.05) is 108 Å². The number of halogens is 3. The summed E-state index contributed by atoms with van der Waals surface area (Å²) in [6.45, 7) is 16.4. The molecule has 6 aromatic carbocycles. The number of hydrogen-bond donors (Lipinski definition) is 4. The number of nitrogens with zero attached hydrogens (tertiary/aromatic N) is 12. The van der Waals surface area contributed by atoms with Gasteiger partial charge in [0.05, 0.1) is 60.1 Å². The van der Waals surface area contributed by atoms with Gasteiger partial charge in [-0.25, -0.2) is 29.9 Å². The van der Waals surface area contributed by atoms with Crippen LogP contribution in [-0.2, 0) is 29.2 Å². The summed E-state index contributed by atoms with van der Waals surface area (Å²) in [6.07, 6.45) is 17.5. The summed E-state index contributed by atoms with van der Waals surface area (Å²) in [5.41, 5.74) is 11.6. The Labute approximate surface area is 609 Å². The molecule has 0 aliphatic carbocycles. The maximum Gasteiger partial charge on any atom is 0.260 e. The Morgan fingerprint density at radius 2 is 1.02 bits per heavy atom. The zero-order valence-electron chi connectivity index (χ0n) is 54.9. The molecule has 0 radical (unpaired) electrons. The summed E-state index contributed by atoms with van der Waals surface area (Å²) in [7, 11) is 0. The van der Waals surface area contributed by atoms with Crippen molar-refractivity contribution in [1.82, 2.24) is 48.9 Å². The first-order chi connectivity index (χ1) is 47.8. The van der Waals surface area contributed by atoms with E-state index in [2.05, 4.69) is 82.2 Å². The summed E-state index contributed by atoms with van der Waals surface area (Å²) >= 11 is 24.6.